The Morgan fingerprint density at radius 2 is 2.05 bits per heavy atom. The van der Waals surface area contributed by atoms with E-state index in [0.29, 0.717) is 5.57 Å². The molecule has 0 saturated heterocycles. The molecule has 4 rings (SSSR count). The van der Waals surface area contributed by atoms with Crippen LogP contribution in [0.1, 0.15) is 29.5 Å². The molecule has 19 heteroatoms. The summed E-state index contributed by atoms with van der Waals surface area (Å²) < 4.78 is 44.7. The third-order valence-corrected chi connectivity index (χ3v) is 6.95. The van der Waals surface area contributed by atoms with Crippen LogP contribution in [0, 0.1) is 0 Å². The highest BCUT2D eigenvalue weighted by Crippen LogP contribution is 2.29. The molecule has 0 saturated carbocycles. The Morgan fingerprint density at radius 1 is 1.31 bits per heavy atom. The first kappa shape index (κ1) is 31.2. The number of ether oxygens (including phenoxy) is 1. The number of hydrazine groups is 2. The molecule has 0 bridgehead atoms. The standard InChI is InChI=1S/C23H23ClF3IN10O4/c1-11-7-12(28)8-14(19(39)33-36(2)22(41)42-3)17(11)30-20(40)16-9-13(10-37-34-21(31-35-37)23(25,26)27)32-38(16)18-15(24)5-4-6-29-18/h4-7,9,12,21,34H,8,10H2,1-3H3,(H,30,40)(H,33,39). The van der Waals surface area contributed by atoms with Gasteiger partial charge in [-0.05, 0) is 37.1 Å². The zero-order valence-electron chi connectivity index (χ0n) is 22.1. The van der Waals surface area contributed by atoms with E-state index in [9.17, 15) is 27.6 Å². The lowest BCUT2D eigenvalue weighted by molar-refractivity contribution is -0.158. The number of carbonyl (C=O) groups excluding carboxylic acids is 3. The van der Waals surface area contributed by atoms with Crippen LogP contribution >= 0.6 is 34.2 Å². The topological polar surface area (TPSA) is 158 Å². The van der Waals surface area contributed by atoms with Crippen LogP contribution in [0.3, 0.4) is 0 Å². The van der Waals surface area contributed by atoms with Gasteiger partial charge in [0.25, 0.3) is 11.8 Å². The molecule has 14 nitrogen and oxygen atoms in total. The second-order valence-corrected chi connectivity index (χ2v) is 10.9. The van der Waals surface area contributed by atoms with E-state index in [2.05, 4.69) is 63.9 Å². The number of allylic oxidation sites excluding steroid dienone is 2. The number of rotatable bonds is 6. The van der Waals surface area contributed by atoms with Gasteiger partial charge in [-0.25, -0.2) is 24.6 Å². The van der Waals surface area contributed by atoms with Gasteiger partial charge in [-0.1, -0.05) is 45.5 Å². The number of alkyl halides is 4. The average molecular weight is 723 g/mol. The molecule has 2 aliphatic rings. The maximum absolute atomic E-state index is 13.7. The molecular weight excluding hydrogens is 700 g/mol. The van der Waals surface area contributed by atoms with Gasteiger partial charge < -0.3 is 10.1 Å². The SMILES string of the molecule is COC(=O)N(C)NC(=O)C1=C(NC(=O)c2cc(CN3N=NC(C(F)(F)F)N3)nn2-c2ncccc2Cl)C(C)=CC(I)C1. The number of hydrogen-bond acceptors (Lipinski definition) is 10. The van der Waals surface area contributed by atoms with Crippen LogP contribution in [-0.4, -0.2) is 73.2 Å². The summed E-state index contributed by atoms with van der Waals surface area (Å²) in [5.74, 6) is -1.28. The van der Waals surface area contributed by atoms with Gasteiger partial charge in [-0.2, -0.15) is 23.7 Å². The summed E-state index contributed by atoms with van der Waals surface area (Å²) in [4.78, 5) is 42.8. The Bertz CT molecular complexity index is 1490. The quantitative estimate of drug-likeness (QED) is 0.233. The smallest absolute Gasteiger partial charge is 0.428 e. The van der Waals surface area contributed by atoms with Crippen molar-refractivity contribution in [3.05, 3.63) is 63.7 Å². The Labute approximate surface area is 255 Å². The molecule has 1 aliphatic heterocycles. The Kier molecular flexibility index (Phi) is 9.36. The van der Waals surface area contributed by atoms with Crippen molar-refractivity contribution >= 4 is 52.1 Å². The summed E-state index contributed by atoms with van der Waals surface area (Å²) >= 11 is 8.45. The minimum absolute atomic E-state index is 0.0784. The maximum atomic E-state index is 13.7. The van der Waals surface area contributed by atoms with Crippen molar-refractivity contribution in [3.8, 4) is 5.82 Å². The maximum Gasteiger partial charge on any atom is 0.428 e. The minimum Gasteiger partial charge on any atom is -0.452 e. The van der Waals surface area contributed by atoms with Crippen molar-refractivity contribution in [1.29, 1.82) is 0 Å². The van der Waals surface area contributed by atoms with Crippen LogP contribution < -0.4 is 16.2 Å². The van der Waals surface area contributed by atoms with Crippen LogP contribution in [0.25, 0.3) is 5.82 Å². The van der Waals surface area contributed by atoms with Crippen molar-refractivity contribution in [2.45, 2.75) is 36.2 Å². The van der Waals surface area contributed by atoms with Crippen molar-refractivity contribution < 1.29 is 32.3 Å². The second kappa shape index (κ2) is 12.6. The van der Waals surface area contributed by atoms with E-state index in [1.807, 2.05) is 6.08 Å². The molecule has 2 aromatic heterocycles. The van der Waals surface area contributed by atoms with Crippen molar-refractivity contribution in [2.24, 2.45) is 10.3 Å². The number of pyridine rings is 1. The summed E-state index contributed by atoms with van der Waals surface area (Å²) in [7, 11) is 2.46. The van der Waals surface area contributed by atoms with E-state index < -0.39 is 30.2 Å². The largest absolute Gasteiger partial charge is 0.452 e. The number of nitrogens with zero attached hydrogens (tertiary/aromatic N) is 7. The van der Waals surface area contributed by atoms with Crippen molar-refractivity contribution in [3.63, 3.8) is 0 Å². The monoisotopic (exact) mass is 722 g/mol. The molecule has 3 amide bonds. The first-order valence-corrected chi connectivity index (χ1v) is 13.6. The third kappa shape index (κ3) is 6.98. The lowest BCUT2D eigenvalue weighted by atomic mass is 9.95. The fourth-order valence-corrected chi connectivity index (χ4v) is 5.13. The Hall–Kier alpha value is -3.78. The molecule has 0 aromatic carbocycles. The van der Waals surface area contributed by atoms with Crippen molar-refractivity contribution in [1.82, 2.24) is 41.1 Å². The summed E-state index contributed by atoms with van der Waals surface area (Å²) in [5.41, 5.74) is 5.53. The molecule has 2 atom stereocenters. The van der Waals surface area contributed by atoms with Gasteiger partial charge in [0.1, 0.15) is 5.69 Å². The van der Waals surface area contributed by atoms with Gasteiger partial charge in [0, 0.05) is 22.7 Å². The summed E-state index contributed by atoms with van der Waals surface area (Å²) in [6.45, 7) is 1.41. The number of carbonyl (C=O) groups is 3. The van der Waals surface area contributed by atoms with Gasteiger partial charge in [0.05, 0.1) is 30.1 Å². The first-order valence-electron chi connectivity index (χ1n) is 12.0. The van der Waals surface area contributed by atoms with Crippen molar-refractivity contribution in [2.75, 3.05) is 14.2 Å². The van der Waals surface area contributed by atoms with E-state index >= 15 is 0 Å². The van der Waals surface area contributed by atoms with E-state index in [1.54, 1.807) is 13.0 Å². The normalized spacial score (nSPS) is 18.6. The molecule has 42 heavy (non-hydrogen) atoms. The molecule has 2 aromatic rings. The number of methoxy groups -OCH3 is 1. The highest BCUT2D eigenvalue weighted by molar-refractivity contribution is 14.1. The molecule has 224 valence electrons. The molecule has 1 aliphatic carbocycles. The predicted octanol–water partition coefficient (Wildman–Crippen LogP) is 3.36. The van der Waals surface area contributed by atoms with E-state index in [4.69, 9.17) is 11.6 Å². The van der Waals surface area contributed by atoms with Crippen LogP contribution in [0.2, 0.25) is 5.02 Å². The molecular formula is C23H23ClF3IN10O4. The highest BCUT2D eigenvalue weighted by Gasteiger charge is 2.44. The highest BCUT2D eigenvalue weighted by atomic mass is 127. The molecule has 2 unspecified atom stereocenters. The zero-order chi connectivity index (χ0) is 30.8. The average Bonchev–Trinajstić information content (AvgIpc) is 3.57. The van der Waals surface area contributed by atoms with Crippen LogP contribution in [-0.2, 0) is 16.1 Å². The van der Waals surface area contributed by atoms with Crippen LogP contribution in [0.4, 0.5) is 18.0 Å². The first-order chi connectivity index (χ1) is 19.8. The molecule has 3 N–H and O–H groups in total. The van der Waals surface area contributed by atoms with E-state index in [1.165, 1.54) is 25.4 Å². The van der Waals surface area contributed by atoms with Gasteiger partial charge in [0.2, 0.25) is 6.17 Å². The third-order valence-electron chi connectivity index (χ3n) is 5.86. The lowest BCUT2D eigenvalue weighted by Crippen LogP contribution is -2.45. The molecule has 0 spiro atoms. The minimum atomic E-state index is -4.66. The van der Waals surface area contributed by atoms with Gasteiger partial charge >= 0.3 is 12.3 Å². The summed E-state index contributed by atoms with van der Waals surface area (Å²) in [5, 5.41) is 15.5. The summed E-state index contributed by atoms with van der Waals surface area (Å²) in [6, 6.07) is 4.42. The fourth-order valence-electron chi connectivity index (χ4n) is 3.95. The fraction of sp³-hybridized carbons (Fsp3) is 0.348. The summed E-state index contributed by atoms with van der Waals surface area (Å²) in [6.07, 6.45) is -4.17. The number of amides is 3. The number of nitrogens with one attached hydrogen (secondary N) is 3. The molecule has 0 fully saturated rings. The molecule has 3 heterocycles. The number of halogens is 5. The van der Waals surface area contributed by atoms with E-state index in [-0.39, 0.29) is 50.4 Å². The second-order valence-electron chi connectivity index (χ2n) is 8.92. The number of aromatic nitrogens is 3. The van der Waals surface area contributed by atoms with Gasteiger partial charge in [-0.3, -0.25) is 15.0 Å². The van der Waals surface area contributed by atoms with E-state index in [0.717, 1.165) is 21.9 Å². The predicted molar refractivity (Wildman–Crippen MR) is 149 cm³/mol. The Balaban J connectivity index is 1.67. The zero-order valence-corrected chi connectivity index (χ0v) is 25.0. The molecule has 0 radical (unpaired) electrons. The van der Waals surface area contributed by atoms with Crippen LogP contribution in [0.5, 0.6) is 0 Å². The van der Waals surface area contributed by atoms with Gasteiger partial charge in [0.15, 0.2) is 5.82 Å². The Morgan fingerprint density at radius 3 is 2.69 bits per heavy atom. The van der Waals surface area contributed by atoms with Crippen LogP contribution in [0.15, 0.2) is 57.7 Å². The van der Waals surface area contributed by atoms with Gasteiger partial charge in [-0.15, -0.1) is 5.11 Å². The lowest BCUT2D eigenvalue weighted by Gasteiger charge is -2.25. The number of hydrogen-bond donors (Lipinski definition) is 3.